The van der Waals surface area contributed by atoms with Gasteiger partial charge < -0.3 is 9.80 Å². The highest BCUT2D eigenvalue weighted by atomic mass is 35.5. The number of halogens is 3. The first-order chi connectivity index (χ1) is 16.3. The van der Waals surface area contributed by atoms with E-state index in [2.05, 4.69) is 9.97 Å². The van der Waals surface area contributed by atoms with Gasteiger partial charge in [-0.25, -0.2) is 13.6 Å². The minimum Gasteiger partial charge on any atom is -0.366 e. The van der Waals surface area contributed by atoms with Crippen LogP contribution in [0.4, 0.5) is 20.4 Å². The Morgan fingerprint density at radius 3 is 2.41 bits per heavy atom. The Bertz CT molecular complexity index is 1500. The second kappa shape index (κ2) is 8.60. The molecule has 34 heavy (non-hydrogen) atoms. The molecule has 0 aliphatic carbocycles. The number of benzene rings is 2. The van der Waals surface area contributed by atoms with E-state index >= 15 is 0 Å². The highest BCUT2D eigenvalue weighted by Gasteiger charge is 2.26. The number of aromatic nitrogens is 4. The number of rotatable bonds is 4. The number of piperazine rings is 1. The van der Waals surface area contributed by atoms with E-state index in [0.29, 0.717) is 48.4 Å². The molecule has 1 aliphatic heterocycles. The number of hydrogen-bond donors (Lipinski definition) is 1. The van der Waals surface area contributed by atoms with Crippen LogP contribution in [-0.4, -0.2) is 45.3 Å². The van der Waals surface area contributed by atoms with Gasteiger partial charge in [0.1, 0.15) is 11.6 Å². The lowest BCUT2D eigenvalue weighted by molar-refractivity contribution is 0.582. The predicted molar refractivity (Wildman–Crippen MR) is 127 cm³/mol. The maximum Gasteiger partial charge on any atom is 0.329 e. The van der Waals surface area contributed by atoms with Gasteiger partial charge in [-0.15, -0.1) is 0 Å². The molecule has 1 N–H and O–H groups in total. The van der Waals surface area contributed by atoms with Crippen LogP contribution in [0.2, 0.25) is 5.02 Å². The molecule has 8 nitrogen and oxygen atoms in total. The zero-order valence-corrected chi connectivity index (χ0v) is 19.0. The van der Waals surface area contributed by atoms with Crippen LogP contribution in [0.25, 0.3) is 11.2 Å². The fourth-order valence-corrected chi connectivity index (χ4v) is 4.46. The molecule has 4 aromatic rings. The molecule has 0 atom stereocenters. The number of nitrogens with zero attached hydrogens (tertiary/aromatic N) is 5. The third kappa shape index (κ3) is 3.83. The monoisotopic (exact) mass is 486 g/mol. The van der Waals surface area contributed by atoms with Gasteiger partial charge in [-0.1, -0.05) is 29.8 Å². The minimum atomic E-state index is -0.588. The third-order valence-corrected chi connectivity index (χ3v) is 6.32. The van der Waals surface area contributed by atoms with Gasteiger partial charge in [0.2, 0.25) is 5.95 Å². The van der Waals surface area contributed by atoms with Crippen LogP contribution in [-0.2, 0) is 13.6 Å². The van der Waals surface area contributed by atoms with Crippen LogP contribution >= 0.6 is 11.6 Å². The fraction of sp³-hybridized carbons (Fsp3) is 0.261. The third-order valence-electron chi connectivity index (χ3n) is 6.09. The van der Waals surface area contributed by atoms with Crippen molar-refractivity contribution in [2.24, 2.45) is 7.05 Å². The first-order valence-corrected chi connectivity index (χ1v) is 11.1. The smallest absolute Gasteiger partial charge is 0.329 e. The second-order valence-electron chi connectivity index (χ2n) is 8.15. The molecule has 0 spiro atoms. The molecule has 1 aliphatic rings. The van der Waals surface area contributed by atoms with Crippen molar-refractivity contribution in [2.45, 2.75) is 6.54 Å². The molecule has 0 amide bonds. The highest BCUT2D eigenvalue weighted by Crippen LogP contribution is 2.27. The van der Waals surface area contributed by atoms with Crippen LogP contribution < -0.4 is 21.0 Å². The molecule has 176 valence electrons. The van der Waals surface area contributed by atoms with E-state index in [1.54, 1.807) is 34.9 Å². The topological polar surface area (TPSA) is 79.2 Å². The van der Waals surface area contributed by atoms with E-state index in [1.807, 2.05) is 9.80 Å². The summed E-state index contributed by atoms with van der Waals surface area (Å²) in [6, 6.07) is 10.9. The summed E-state index contributed by atoms with van der Waals surface area (Å²) in [6.45, 7) is 2.02. The summed E-state index contributed by atoms with van der Waals surface area (Å²) >= 11 is 5.87. The Kier molecular flexibility index (Phi) is 5.60. The van der Waals surface area contributed by atoms with Crippen molar-refractivity contribution in [3.05, 3.63) is 85.5 Å². The van der Waals surface area contributed by atoms with Gasteiger partial charge in [0, 0.05) is 43.8 Å². The van der Waals surface area contributed by atoms with Crippen molar-refractivity contribution in [2.75, 3.05) is 36.0 Å². The van der Waals surface area contributed by atoms with Crippen LogP contribution in [0.5, 0.6) is 0 Å². The zero-order valence-electron chi connectivity index (χ0n) is 18.3. The first-order valence-electron chi connectivity index (χ1n) is 10.7. The van der Waals surface area contributed by atoms with Crippen LogP contribution in [0.1, 0.15) is 5.56 Å². The number of fused-ring (bicyclic) bond motifs is 1. The normalized spacial score (nSPS) is 14.2. The van der Waals surface area contributed by atoms with Crippen molar-refractivity contribution < 1.29 is 8.78 Å². The summed E-state index contributed by atoms with van der Waals surface area (Å²) in [5.74, 6) is -0.352. The van der Waals surface area contributed by atoms with Gasteiger partial charge in [0.05, 0.1) is 12.2 Å². The number of hydrogen-bond acceptors (Lipinski definition) is 5. The SMILES string of the molecule is Cn1c(=O)[nH]c(=O)c2c1nc(N1CCN(c3ccc(Cl)cc3F)CC1)n2Cc1ccccc1F. The Hall–Kier alpha value is -3.66. The van der Waals surface area contributed by atoms with Crippen LogP contribution in [0.3, 0.4) is 0 Å². The molecule has 0 bridgehead atoms. The van der Waals surface area contributed by atoms with Gasteiger partial charge >= 0.3 is 5.69 Å². The number of anilines is 2. The zero-order chi connectivity index (χ0) is 24.0. The Morgan fingerprint density at radius 1 is 1.00 bits per heavy atom. The molecule has 11 heteroatoms. The minimum absolute atomic E-state index is 0.0613. The molecule has 0 saturated carbocycles. The molecule has 0 unspecified atom stereocenters. The van der Waals surface area contributed by atoms with Gasteiger partial charge in [-0.05, 0) is 24.3 Å². The maximum atomic E-state index is 14.5. The Morgan fingerprint density at radius 2 is 1.71 bits per heavy atom. The van der Waals surface area contributed by atoms with Crippen molar-refractivity contribution in [3.8, 4) is 0 Å². The van der Waals surface area contributed by atoms with Crippen molar-refractivity contribution in [1.82, 2.24) is 19.1 Å². The van der Waals surface area contributed by atoms with Crippen LogP contribution in [0, 0.1) is 11.6 Å². The summed E-state index contributed by atoms with van der Waals surface area (Å²) in [7, 11) is 1.52. The molecule has 1 fully saturated rings. The molecule has 3 heterocycles. The van der Waals surface area contributed by atoms with Gasteiger partial charge in [-0.3, -0.25) is 18.9 Å². The van der Waals surface area contributed by atoms with E-state index < -0.39 is 22.9 Å². The first kappa shape index (κ1) is 22.1. The van der Waals surface area contributed by atoms with Gasteiger partial charge in [-0.2, -0.15) is 4.98 Å². The average Bonchev–Trinajstić information content (AvgIpc) is 3.19. The number of imidazole rings is 1. The van der Waals surface area contributed by atoms with Crippen molar-refractivity contribution in [3.63, 3.8) is 0 Å². The van der Waals surface area contributed by atoms with Gasteiger partial charge in [0.25, 0.3) is 5.56 Å². The molecule has 2 aromatic carbocycles. The number of aromatic amines is 1. The number of nitrogens with one attached hydrogen (secondary N) is 1. The molecule has 0 radical (unpaired) electrons. The molecule has 2 aromatic heterocycles. The maximum absolute atomic E-state index is 14.5. The standard InChI is InChI=1S/C23H21ClF2N6O2/c1-29-20-19(21(33)28-23(29)34)32(13-14-4-2-3-5-16(14)25)22(27-20)31-10-8-30(9-11-31)18-7-6-15(24)12-17(18)26/h2-7,12H,8-11,13H2,1H3,(H,28,33,34). The molecular weight excluding hydrogens is 466 g/mol. The number of aryl methyl sites for hydroxylation is 1. The lowest BCUT2D eigenvalue weighted by atomic mass is 10.2. The Balaban J connectivity index is 1.54. The quantitative estimate of drug-likeness (QED) is 0.480. The average molecular weight is 487 g/mol. The predicted octanol–water partition coefficient (Wildman–Crippen LogP) is 2.73. The van der Waals surface area contributed by atoms with Crippen LogP contribution in [0.15, 0.2) is 52.1 Å². The lowest BCUT2D eigenvalue weighted by Gasteiger charge is -2.36. The second-order valence-corrected chi connectivity index (χ2v) is 8.59. The molecular formula is C23H21ClF2N6O2. The van der Waals surface area contributed by atoms with E-state index in [4.69, 9.17) is 11.6 Å². The fourth-order valence-electron chi connectivity index (χ4n) is 4.30. The van der Waals surface area contributed by atoms with E-state index in [-0.39, 0.29) is 17.7 Å². The summed E-state index contributed by atoms with van der Waals surface area (Å²) < 4.78 is 31.8. The summed E-state index contributed by atoms with van der Waals surface area (Å²) in [5.41, 5.74) is 0.0800. The largest absolute Gasteiger partial charge is 0.366 e. The lowest BCUT2D eigenvalue weighted by Crippen LogP contribution is -2.47. The van der Waals surface area contributed by atoms with Crippen molar-refractivity contribution >= 4 is 34.4 Å². The highest BCUT2D eigenvalue weighted by molar-refractivity contribution is 6.30. The van der Waals surface area contributed by atoms with Crippen molar-refractivity contribution in [1.29, 1.82) is 0 Å². The summed E-state index contributed by atoms with van der Waals surface area (Å²) in [4.78, 5) is 35.7. The number of H-pyrrole nitrogens is 1. The summed E-state index contributed by atoms with van der Waals surface area (Å²) in [6.07, 6.45) is 0. The molecule has 5 rings (SSSR count). The van der Waals surface area contributed by atoms with E-state index in [9.17, 15) is 18.4 Å². The molecule has 1 saturated heterocycles. The van der Waals surface area contributed by atoms with E-state index in [0.717, 1.165) is 0 Å². The Labute approximate surface area is 197 Å². The summed E-state index contributed by atoms with van der Waals surface area (Å²) in [5, 5.41) is 0.331. The van der Waals surface area contributed by atoms with Gasteiger partial charge in [0.15, 0.2) is 11.2 Å². The van der Waals surface area contributed by atoms with E-state index in [1.165, 1.54) is 23.7 Å².